The van der Waals surface area contributed by atoms with Gasteiger partial charge in [0.15, 0.2) is 0 Å². The van der Waals surface area contributed by atoms with E-state index >= 15 is 0 Å². The van der Waals surface area contributed by atoms with E-state index in [1.54, 1.807) is 6.07 Å². The Morgan fingerprint density at radius 1 is 1.52 bits per heavy atom. The van der Waals surface area contributed by atoms with Gasteiger partial charge >= 0.3 is 5.97 Å². The molecule has 0 aromatic heterocycles. The zero-order chi connectivity index (χ0) is 15.4. The van der Waals surface area contributed by atoms with Crippen LogP contribution in [0.1, 0.15) is 30.1 Å². The quantitative estimate of drug-likeness (QED) is 0.867. The first-order valence-corrected chi connectivity index (χ1v) is 7.34. The Bertz CT molecular complexity index is 507. The topological polar surface area (TPSA) is 41.6 Å². The van der Waals surface area contributed by atoms with Gasteiger partial charge in [0.2, 0.25) is 0 Å². The van der Waals surface area contributed by atoms with Gasteiger partial charge in [0.05, 0.1) is 12.7 Å². The maximum atomic E-state index is 13.3. The number of hydrogen-bond donors (Lipinski definition) is 1. The van der Waals surface area contributed by atoms with Gasteiger partial charge in [0, 0.05) is 18.3 Å². The van der Waals surface area contributed by atoms with Gasteiger partial charge in [-0.15, -0.1) is 0 Å². The number of nitrogens with one attached hydrogen (secondary N) is 1. The molecule has 116 valence electrons. The van der Waals surface area contributed by atoms with Gasteiger partial charge in [-0.05, 0) is 57.5 Å². The van der Waals surface area contributed by atoms with Gasteiger partial charge in [-0.25, -0.2) is 9.18 Å². The Balaban J connectivity index is 2.13. The number of methoxy groups -OCH3 is 1. The van der Waals surface area contributed by atoms with Crippen LogP contribution in [0, 0.1) is 11.7 Å². The van der Waals surface area contributed by atoms with Crippen LogP contribution in [0.5, 0.6) is 0 Å². The SMILES string of the molecule is COC(=O)c1cc(F)ccc1NC(C)C1CCCN(C)C1. The van der Waals surface area contributed by atoms with E-state index < -0.39 is 11.8 Å². The fraction of sp³-hybridized carbons (Fsp3) is 0.562. The van der Waals surface area contributed by atoms with Gasteiger partial charge in [-0.2, -0.15) is 0 Å². The molecule has 21 heavy (non-hydrogen) atoms. The molecule has 1 heterocycles. The second kappa shape index (κ2) is 6.89. The van der Waals surface area contributed by atoms with Gasteiger partial charge in [0.25, 0.3) is 0 Å². The number of piperidine rings is 1. The Morgan fingerprint density at radius 3 is 2.95 bits per heavy atom. The summed E-state index contributed by atoms with van der Waals surface area (Å²) in [5, 5.41) is 3.35. The third-order valence-electron chi connectivity index (χ3n) is 4.14. The largest absolute Gasteiger partial charge is 0.465 e. The first-order chi connectivity index (χ1) is 10.0. The average molecular weight is 294 g/mol. The fourth-order valence-electron chi connectivity index (χ4n) is 2.90. The summed E-state index contributed by atoms with van der Waals surface area (Å²) >= 11 is 0. The van der Waals surface area contributed by atoms with E-state index in [1.165, 1.54) is 25.7 Å². The molecule has 1 aromatic carbocycles. The smallest absolute Gasteiger partial charge is 0.340 e. The Labute approximate surface area is 125 Å². The lowest BCUT2D eigenvalue weighted by atomic mass is 9.91. The third kappa shape index (κ3) is 3.94. The number of carbonyl (C=O) groups excluding carboxylic acids is 1. The van der Waals surface area contributed by atoms with Crippen molar-refractivity contribution in [3.63, 3.8) is 0 Å². The predicted octanol–water partition coefficient (Wildman–Crippen LogP) is 2.75. The molecule has 1 aliphatic heterocycles. The van der Waals surface area contributed by atoms with E-state index in [2.05, 4.69) is 24.2 Å². The molecule has 1 saturated heterocycles. The highest BCUT2D eigenvalue weighted by atomic mass is 19.1. The minimum Gasteiger partial charge on any atom is -0.465 e. The number of carbonyl (C=O) groups is 1. The van der Waals surface area contributed by atoms with Crippen LogP contribution in [-0.2, 0) is 4.74 Å². The number of halogens is 1. The van der Waals surface area contributed by atoms with E-state index in [1.807, 2.05) is 0 Å². The van der Waals surface area contributed by atoms with Crippen LogP contribution in [0.4, 0.5) is 10.1 Å². The number of esters is 1. The van der Waals surface area contributed by atoms with Crippen LogP contribution in [0.15, 0.2) is 18.2 Å². The molecule has 0 saturated carbocycles. The number of nitrogens with zero attached hydrogens (tertiary/aromatic N) is 1. The lowest BCUT2D eigenvalue weighted by molar-refractivity contribution is 0.0601. The van der Waals surface area contributed by atoms with Crippen molar-refractivity contribution in [3.05, 3.63) is 29.6 Å². The van der Waals surface area contributed by atoms with E-state index in [0.29, 0.717) is 11.6 Å². The Hall–Kier alpha value is -1.62. The molecule has 2 rings (SSSR count). The van der Waals surface area contributed by atoms with Crippen LogP contribution < -0.4 is 5.32 Å². The van der Waals surface area contributed by atoms with E-state index in [4.69, 9.17) is 4.74 Å². The lowest BCUT2D eigenvalue weighted by Gasteiger charge is -2.34. The summed E-state index contributed by atoms with van der Waals surface area (Å²) in [6.07, 6.45) is 2.34. The van der Waals surface area contributed by atoms with Crippen molar-refractivity contribution < 1.29 is 13.9 Å². The van der Waals surface area contributed by atoms with Crippen molar-refractivity contribution in [3.8, 4) is 0 Å². The average Bonchev–Trinajstić information content (AvgIpc) is 2.48. The van der Waals surface area contributed by atoms with E-state index in [0.717, 1.165) is 19.5 Å². The maximum absolute atomic E-state index is 13.3. The lowest BCUT2D eigenvalue weighted by Crippen LogP contribution is -2.40. The second-order valence-corrected chi connectivity index (χ2v) is 5.78. The molecule has 2 unspecified atom stereocenters. The van der Waals surface area contributed by atoms with Crippen molar-refractivity contribution in [1.29, 1.82) is 0 Å². The summed E-state index contributed by atoms with van der Waals surface area (Å²) in [5.41, 5.74) is 0.873. The first-order valence-electron chi connectivity index (χ1n) is 7.34. The molecular weight excluding hydrogens is 271 g/mol. The number of likely N-dealkylation sites (tertiary alicyclic amines) is 1. The summed E-state index contributed by atoms with van der Waals surface area (Å²) in [6, 6.07) is 4.38. The summed E-state index contributed by atoms with van der Waals surface area (Å²) < 4.78 is 18.1. The number of anilines is 1. The molecule has 0 spiro atoms. The number of ether oxygens (including phenoxy) is 1. The summed E-state index contributed by atoms with van der Waals surface area (Å²) in [4.78, 5) is 14.1. The summed E-state index contributed by atoms with van der Waals surface area (Å²) in [7, 11) is 3.42. The maximum Gasteiger partial charge on any atom is 0.340 e. The third-order valence-corrected chi connectivity index (χ3v) is 4.14. The molecule has 4 nitrogen and oxygen atoms in total. The van der Waals surface area contributed by atoms with Crippen molar-refractivity contribution in [1.82, 2.24) is 4.90 Å². The van der Waals surface area contributed by atoms with Crippen LogP contribution in [-0.4, -0.2) is 44.2 Å². The second-order valence-electron chi connectivity index (χ2n) is 5.78. The van der Waals surface area contributed by atoms with E-state index in [-0.39, 0.29) is 11.6 Å². The molecule has 0 radical (unpaired) electrons. The van der Waals surface area contributed by atoms with Gasteiger partial charge < -0.3 is 15.0 Å². The molecule has 0 amide bonds. The molecule has 1 N–H and O–H groups in total. The van der Waals surface area contributed by atoms with Crippen LogP contribution >= 0.6 is 0 Å². The van der Waals surface area contributed by atoms with Crippen LogP contribution in [0.25, 0.3) is 0 Å². The van der Waals surface area contributed by atoms with Crippen molar-refractivity contribution in [2.75, 3.05) is 32.6 Å². The number of hydrogen-bond acceptors (Lipinski definition) is 4. The first kappa shape index (κ1) is 15.8. The highest BCUT2D eigenvalue weighted by Gasteiger charge is 2.24. The fourth-order valence-corrected chi connectivity index (χ4v) is 2.90. The highest BCUT2D eigenvalue weighted by Crippen LogP contribution is 2.24. The highest BCUT2D eigenvalue weighted by molar-refractivity contribution is 5.95. The normalized spacial score (nSPS) is 20.9. The minimum atomic E-state index is -0.523. The van der Waals surface area contributed by atoms with E-state index in [9.17, 15) is 9.18 Å². The summed E-state index contributed by atoms with van der Waals surface area (Å²) in [5.74, 6) is -0.449. The molecule has 0 bridgehead atoms. The van der Waals surface area contributed by atoms with Gasteiger partial charge in [-0.3, -0.25) is 0 Å². The number of benzene rings is 1. The van der Waals surface area contributed by atoms with Crippen LogP contribution in [0.2, 0.25) is 0 Å². The molecule has 2 atom stereocenters. The standard InChI is InChI=1S/C16H23FN2O2/c1-11(12-5-4-8-19(2)10-12)18-15-7-6-13(17)9-14(15)16(20)21-3/h6-7,9,11-12,18H,4-5,8,10H2,1-3H3. The molecule has 1 fully saturated rings. The molecule has 5 heteroatoms. The van der Waals surface area contributed by atoms with Gasteiger partial charge in [-0.1, -0.05) is 0 Å². The monoisotopic (exact) mass is 294 g/mol. The molecule has 1 aliphatic rings. The molecule has 1 aromatic rings. The minimum absolute atomic E-state index is 0.210. The Morgan fingerprint density at radius 2 is 2.29 bits per heavy atom. The van der Waals surface area contributed by atoms with Crippen LogP contribution in [0.3, 0.4) is 0 Å². The van der Waals surface area contributed by atoms with Crippen molar-refractivity contribution >= 4 is 11.7 Å². The predicted molar refractivity (Wildman–Crippen MR) is 81.0 cm³/mol. The Kier molecular flexibility index (Phi) is 5.17. The number of rotatable bonds is 4. The van der Waals surface area contributed by atoms with Gasteiger partial charge in [0.1, 0.15) is 5.82 Å². The summed E-state index contributed by atoms with van der Waals surface area (Å²) in [6.45, 7) is 4.27. The van der Waals surface area contributed by atoms with Crippen molar-refractivity contribution in [2.24, 2.45) is 5.92 Å². The zero-order valence-corrected chi connectivity index (χ0v) is 12.9. The molecule has 0 aliphatic carbocycles. The zero-order valence-electron chi connectivity index (χ0n) is 12.9. The van der Waals surface area contributed by atoms with Crippen molar-refractivity contribution in [2.45, 2.75) is 25.8 Å². The molecular formula is C16H23FN2O2.